The molecule has 0 aliphatic heterocycles. The molecule has 0 atom stereocenters. The lowest BCUT2D eigenvalue weighted by molar-refractivity contribution is 0.628. The molecule has 2 aromatic carbocycles. The standard InChI is InChI=1S/C16H12FN3/c17-13-8-4-7-12(9-13)14-10-15(18)20-16(19-14)11-5-2-1-3-6-11/h1-10H,(H2,18,19,20). The number of hydrogen-bond donors (Lipinski definition) is 1. The number of halogens is 1. The molecule has 2 N–H and O–H groups in total. The van der Waals surface area contributed by atoms with Crippen molar-refractivity contribution in [1.29, 1.82) is 0 Å². The van der Waals surface area contributed by atoms with Crippen molar-refractivity contribution in [2.75, 3.05) is 5.73 Å². The number of anilines is 1. The van der Waals surface area contributed by atoms with Gasteiger partial charge in [0, 0.05) is 17.2 Å². The van der Waals surface area contributed by atoms with Gasteiger partial charge >= 0.3 is 0 Å². The van der Waals surface area contributed by atoms with E-state index in [9.17, 15) is 4.39 Å². The minimum absolute atomic E-state index is 0.305. The first-order valence-corrected chi connectivity index (χ1v) is 6.18. The van der Waals surface area contributed by atoms with E-state index in [-0.39, 0.29) is 5.82 Å². The molecule has 1 aromatic heterocycles. The Hall–Kier alpha value is -2.75. The molecule has 98 valence electrons. The highest BCUT2D eigenvalue weighted by Gasteiger charge is 2.07. The fourth-order valence-electron chi connectivity index (χ4n) is 1.98. The van der Waals surface area contributed by atoms with Gasteiger partial charge in [-0.05, 0) is 12.1 Å². The molecular formula is C16H12FN3. The quantitative estimate of drug-likeness (QED) is 0.771. The molecule has 0 amide bonds. The summed E-state index contributed by atoms with van der Waals surface area (Å²) in [4.78, 5) is 8.68. The number of benzene rings is 2. The van der Waals surface area contributed by atoms with E-state index in [1.807, 2.05) is 30.3 Å². The lowest BCUT2D eigenvalue weighted by Crippen LogP contribution is -1.98. The van der Waals surface area contributed by atoms with E-state index in [4.69, 9.17) is 5.73 Å². The molecular weight excluding hydrogens is 253 g/mol. The Balaban J connectivity index is 2.12. The summed E-state index contributed by atoms with van der Waals surface area (Å²) in [5, 5.41) is 0. The van der Waals surface area contributed by atoms with Crippen molar-refractivity contribution in [3.63, 3.8) is 0 Å². The normalized spacial score (nSPS) is 10.4. The Morgan fingerprint density at radius 3 is 2.30 bits per heavy atom. The van der Waals surface area contributed by atoms with Gasteiger partial charge in [-0.1, -0.05) is 42.5 Å². The predicted molar refractivity (Wildman–Crippen MR) is 77.3 cm³/mol. The maximum Gasteiger partial charge on any atom is 0.162 e. The highest BCUT2D eigenvalue weighted by atomic mass is 19.1. The molecule has 3 nitrogen and oxygen atoms in total. The number of nitrogens with two attached hydrogens (primary N) is 1. The van der Waals surface area contributed by atoms with E-state index in [2.05, 4.69) is 9.97 Å². The van der Waals surface area contributed by atoms with Crippen LogP contribution in [0, 0.1) is 5.82 Å². The topological polar surface area (TPSA) is 51.8 Å². The highest BCUT2D eigenvalue weighted by Crippen LogP contribution is 2.23. The highest BCUT2D eigenvalue weighted by molar-refractivity contribution is 5.66. The van der Waals surface area contributed by atoms with E-state index in [1.165, 1.54) is 12.1 Å². The van der Waals surface area contributed by atoms with Crippen LogP contribution < -0.4 is 5.73 Å². The molecule has 0 radical (unpaired) electrons. The number of aromatic nitrogens is 2. The Kier molecular flexibility index (Phi) is 3.13. The van der Waals surface area contributed by atoms with Crippen LogP contribution in [0.3, 0.4) is 0 Å². The maximum atomic E-state index is 13.3. The van der Waals surface area contributed by atoms with Gasteiger partial charge in [-0.2, -0.15) is 0 Å². The summed E-state index contributed by atoms with van der Waals surface area (Å²) >= 11 is 0. The summed E-state index contributed by atoms with van der Waals surface area (Å²) in [5.41, 5.74) is 7.98. The summed E-state index contributed by atoms with van der Waals surface area (Å²) in [7, 11) is 0. The maximum absolute atomic E-state index is 13.3. The van der Waals surface area contributed by atoms with E-state index >= 15 is 0 Å². The van der Waals surface area contributed by atoms with Crippen LogP contribution >= 0.6 is 0 Å². The van der Waals surface area contributed by atoms with Gasteiger partial charge in [0.15, 0.2) is 5.82 Å². The number of hydrogen-bond acceptors (Lipinski definition) is 3. The summed E-state index contributed by atoms with van der Waals surface area (Å²) in [6, 6.07) is 17.4. The van der Waals surface area contributed by atoms with Crippen molar-refractivity contribution >= 4 is 5.82 Å². The van der Waals surface area contributed by atoms with Gasteiger partial charge in [0.25, 0.3) is 0 Å². The minimum Gasteiger partial charge on any atom is -0.384 e. The third-order valence-electron chi connectivity index (χ3n) is 2.90. The van der Waals surface area contributed by atoms with Crippen LogP contribution in [0.1, 0.15) is 0 Å². The van der Waals surface area contributed by atoms with Gasteiger partial charge < -0.3 is 5.73 Å². The molecule has 3 aromatic rings. The largest absolute Gasteiger partial charge is 0.384 e. The van der Waals surface area contributed by atoms with Crippen LogP contribution in [-0.4, -0.2) is 9.97 Å². The lowest BCUT2D eigenvalue weighted by atomic mass is 10.1. The molecule has 4 heteroatoms. The summed E-state index contributed by atoms with van der Waals surface area (Å²) in [6.07, 6.45) is 0. The zero-order chi connectivity index (χ0) is 13.9. The van der Waals surface area contributed by atoms with Gasteiger partial charge in [-0.25, -0.2) is 14.4 Å². The summed E-state index contributed by atoms with van der Waals surface area (Å²) in [6.45, 7) is 0. The first-order valence-electron chi connectivity index (χ1n) is 6.18. The van der Waals surface area contributed by atoms with Crippen molar-refractivity contribution in [1.82, 2.24) is 9.97 Å². The van der Waals surface area contributed by atoms with E-state index < -0.39 is 0 Å². The van der Waals surface area contributed by atoms with Crippen molar-refractivity contribution in [3.8, 4) is 22.6 Å². The van der Waals surface area contributed by atoms with Crippen LogP contribution in [-0.2, 0) is 0 Å². The van der Waals surface area contributed by atoms with E-state index in [1.54, 1.807) is 18.2 Å². The van der Waals surface area contributed by atoms with Crippen LogP contribution in [0.25, 0.3) is 22.6 Å². The Morgan fingerprint density at radius 2 is 1.55 bits per heavy atom. The number of rotatable bonds is 2. The zero-order valence-electron chi connectivity index (χ0n) is 10.6. The van der Waals surface area contributed by atoms with Gasteiger partial charge in [0.1, 0.15) is 11.6 Å². The number of nitrogens with zero attached hydrogens (tertiary/aromatic N) is 2. The monoisotopic (exact) mass is 265 g/mol. The second-order valence-corrected chi connectivity index (χ2v) is 4.38. The molecule has 20 heavy (non-hydrogen) atoms. The van der Waals surface area contributed by atoms with Gasteiger partial charge in [0.2, 0.25) is 0 Å². The Morgan fingerprint density at radius 1 is 0.800 bits per heavy atom. The first kappa shape index (κ1) is 12.3. The molecule has 0 bridgehead atoms. The van der Waals surface area contributed by atoms with Crippen LogP contribution in [0.15, 0.2) is 60.7 Å². The van der Waals surface area contributed by atoms with Crippen molar-refractivity contribution in [2.24, 2.45) is 0 Å². The molecule has 0 saturated heterocycles. The molecule has 0 saturated carbocycles. The molecule has 0 unspecified atom stereocenters. The fourth-order valence-corrected chi connectivity index (χ4v) is 1.98. The van der Waals surface area contributed by atoms with Crippen molar-refractivity contribution in [3.05, 3.63) is 66.5 Å². The second kappa shape index (κ2) is 5.09. The lowest BCUT2D eigenvalue weighted by Gasteiger charge is -2.06. The van der Waals surface area contributed by atoms with Crippen LogP contribution in [0.4, 0.5) is 10.2 Å². The second-order valence-electron chi connectivity index (χ2n) is 4.38. The molecule has 0 aliphatic carbocycles. The Labute approximate surface area is 115 Å². The smallest absolute Gasteiger partial charge is 0.162 e. The van der Waals surface area contributed by atoms with Gasteiger partial charge in [-0.15, -0.1) is 0 Å². The average Bonchev–Trinajstić information content (AvgIpc) is 2.47. The summed E-state index contributed by atoms with van der Waals surface area (Å²) < 4.78 is 13.3. The summed E-state index contributed by atoms with van der Waals surface area (Å²) in [5.74, 6) is 0.587. The molecule has 0 spiro atoms. The van der Waals surface area contributed by atoms with Crippen molar-refractivity contribution in [2.45, 2.75) is 0 Å². The minimum atomic E-state index is -0.305. The molecule has 0 fully saturated rings. The average molecular weight is 265 g/mol. The van der Waals surface area contributed by atoms with E-state index in [0.717, 1.165) is 5.56 Å². The van der Waals surface area contributed by atoms with Crippen LogP contribution in [0.5, 0.6) is 0 Å². The third kappa shape index (κ3) is 2.49. The SMILES string of the molecule is Nc1cc(-c2cccc(F)c2)nc(-c2ccccc2)n1. The molecule has 3 rings (SSSR count). The number of nitrogen functional groups attached to an aromatic ring is 1. The zero-order valence-corrected chi connectivity index (χ0v) is 10.6. The molecule has 0 aliphatic rings. The molecule has 1 heterocycles. The first-order chi connectivity index (χ1) is 9.72. The van der Waals surface area contributed by atoms with Gasteiger partial charge in [0.05, 0.1) is 5.69 Å². The predicted octanol–water partition coefficient (Wildman–Crippen LogP) is 3.53. The Bertz CT molecular complexity index is 742. The van der Waals surface area contributed by atoms with Gasteiger partial charge in [-0.3, -0.25) is 0 Å². The third-order valence-corrected chi connectivity index (χ3v) is 2.90. The fraction of sp³-hybridized carbons (Fsp3) is 0. The van der Waals surface area contributed by atoms with Crippen molar-refractivity contribution < 1.29 is 4.39 Å². The van der Waals surface area contributed by atoms with E-state index in [0.29, 0.717) is 22.9 Å². The van der Waals surface area contributed by atoms with Crippen LogP contribution in [0.2, 0.25) is 0 Å².